The normalized spacial score (nSPS) is 12.4. The van der Waals surface area contributed by atoms with Crippen LogP contribution in [-0.4, -0.2) is 9.13 Å². The van der Waals surface area contributed by atoms with Gasteiger partial charge in [0.25, 0.3) is 0 Å². The largest absolute Gasteiger partial charge is 0.416 e. The van der Waals surface area contributed by atoms with Crippen LogP contribution in [0.2, 0.25) is 0 Å². The molecule has 0 spiro atoms. The second kappa shape index (κ2) is 20.3. The molecule has 0 unspecified atom stereocenters. The van der Waals surface area contributed by atoms with Crippen LogP contribution in [0.25, 0.3) is 111 Å². The molecule has 4 nitrogen and oxygen atoms in total. The van der Waals surface area contributed by atoms with E-state index in [1.54, 1.807) is 90.4 Å². The third-order valence-electron chi connectivity index (χ3n) is 15.5. The van der Waals surface area contributed by atoms with E-state index in [-0.39, 0.29) is 39.4 Å². The number of halogens is 12. The van der Waals surface area contributed by atoms with Gasteiger partial charge in [-0.2, -0.15) is 63.2 Å². The van der Waals surface area contributed by atoms with Crippen LogP contribution in [-0.2, 0) is 24.7 Å². The first-order valence-corrected chi connectivity index (χ1v) is 26.7. The van der Waals surface area contributed by atoms with Gasteiger partial charge in [-0.25, -0.2) is 0 Å². The van der Waals surface area contributed by atoms with Gasteiger partial charge in [-0.15, -0.1) is 0 Å². The summed E-state index contributed by atoms with van der Waals surface area (Å²) >= 11 is 0. The summed E-state index contributed by atoms with van der Waals surface area (Å²) in [5, 5.41) is 23.7. The van der Waals surface area contributed by atoms with Crippen molar-refractivity contribution in [2.24, 2.45) is 0 Å². The number of hydrogen-bond donors (Lipinski definition) is 0. The Balaban J connectivity index is 1.06. The number of nitriles is 2. The van der Waals surface area contributed by atoms with Crippen LogP contribution in [0.15, 0.2) is 182 Å². The summed E-state index contributed by atoms with van der Waals surface area (Å²) in [4.78, 5) is 0. The predicted molar refractivity (Wildman–Crippen MR) is 311 cm³/mol. The van der Waals surface area contributed by atoms with Crippen LogP contribution >= 0.6 is 0 Å². The molecule has 0 bridgehead atoms. The average molecular weight is 1170 g/mol. The van der Waals surface area contributed by atoms with Crippen molar-refractivity contribution in [2.75, 3.05) is 0 Å². The first-order chi connectivity index (χ1) is 40.6. The summed E-state index contributed by atoms with van der Waals surface area (Å²) in [5.74, 6) is 0. The molecule has 12 aromatic rings. The van der Waals surface area contributed by atoms with Crippen LogP contribution < -0.4 is 0 Å². The van der Waals surface area contributed by atoms with E-state index in [1.807, 2.05) is 42.7 Å². The summed E-state index contributed by atoms with van der Waals surface area (Å²) in [5.41, 5.74) is 4.93. The number of aromatic nitrogens is 2. The summed E-state index contributed by atoms with van der Waals surface area (Å²) < 4.78 is 174. The van der Waals surface area contributed by atoms with Crippen LogP contribution in [0.5, 0.6) is 0 Å². The first kappa shape index (κ1) is 56.4. The maximum Gasteiger partial charge on any atom is 0.416 e. The lowest BCUT2D eigenvalue weighted by Crippen LogP contribution is -2.11. The molecule has 10 aromatic carbocycles. The Labute approximate surface area is 483 Å². The molecule has 0 saturated heterocycles. The van der Waals surface area contributed by atoms with Crippen LogP contribution in [0.1, 0.15) is 55.6 Å². The quantitative estimate of drug-likeness (QED) is 0.149. The maximum atomic E-state index is 14.2. The van der Waals surface area contributed by atoms with Crippen molar-refractivity contribution in [3.8, 4) is 79.1 Å². The van der Waals surface area contributed by atoms with Crippen LogP contribution in [0.4, 0.5) is 52.7 Å². The van der Waals surface area contributed by atoms with E-state index in [2.05, 4.69) is 30.3 Å². The summed E-state index contributed by atoms with van der Waals surface area (Å²) in [6, 6.07) is 49.9. The topological polar surface area (TPSA) is 57.4 Å². The lowest BCUT2D eigenvalue weighted by atomic mass is 9.96. The van der Waals surface area contributed by atoms with E-state index in [4.69, 9.17) is 0 Å². The van der Waals surface area contributed by atoms with Crippen molar-refractivity contribution in [1.82, 2.24) is 9.13 Å². The third kappa shape index (κ3) is 10.2. The van der Waals surface area contributed by atoms with E-state index < -0.39 is 52.5 Å². The number of rotatable bonds is 7. The molecule has 2 heterocycles. The van der Waals surface area contributed by atoms with E-state index in [0.717, 1.165) is 51.9 Å². The molecule has 0 N–H and O–H groups in total. The standard InChI is InChI=1S/C70H42F12N4/c1-37-17-38(2)19-49(18-37)41-9-13-61-57(28-41)58-29-42(50-20-39(3)22-53(24-50)67(71,72)73)10-14-62(58)85(61)65-32-45(5-7-47(65)35-83)46-6-8-48(36-84)66(33-46)86-63-15-11-43(51-21-40(4)23-54(25-51)68(74,75)76)30-59(63)60-31-44(12-16-64(60)86)52-26-55(69(77,78)79)34-56(27-52)70(80,81)82/h5-34H,1-4H3. The minimum Gasteiger partial charge on any atom is -0.308 e. The van der Waals surface area contributed by atoms with Crippen molar-refractivity contribution < 1.29 is 52.7 Å². The molecule has 426 valence electrons. The Kier molecular flexibility index (Phi) is 13.3. The lowest BCUT2D eigenvalue weighted by molar-refractivity contribution is -0.143. The van der Waals surface area contributed by atoms with E-state index in [0.29, 0.717) is 89.6 Å². The minimum absolute atomic E-state index is 0.0272. The molecule has 2 aromatic heterocycles. The van der Waals surface area contributed by atoms with Gasteiger partial charge in [0.1, 0.15) is 12.1 Å². The van der Waals surface area contributed by atoms with Crippen LogP contribution in [0.3, 0.4) is 0 Å². The summed E-state index contributed by atoms with van der Waals surface area (Å²) in [6.07, 6.45) is -19.6. The smallest absolute Gasteiger partial charge is 0.308 e. The zero-order valence-corrected chi connectivity index (χ0v) is 45.6. The molecular weight excluding hydrogens is 1120 g/mol. The molecule has 16 heteroatoms. The number of hydrogen-bond acceptors (Lipinski definition) is 2. The maximum absolute atomic E-state index is 14.2. The monoisotopic (exact) mass is 1170 g/mol. The van der Waals surface area contributed by atoms with Gasteiger partial charge in [0.05, 0.1) is 66.8 Å². The van der Waals surface area contributed by atoms with E-state index >= 15 is 0 Å². The van der Waals surface area contributed by atoms with Gasteiger partial charge in [-0.1, -0.05) is 77.9 Å². The Hall–Kier alpha value is -10.1. The average Bonchev–Trinajstić information content (AvgIpc) is 1.61. The molecule has 0 saturated carbocycles. The molecule has 0 aliphatic heterocycles. The molecule has 0 radical (unpaired) electrons. The van der Waals surface area contributed by atoms with E-state index in [1.165, 1.54) is 25.1 Å². The minimum atomic E-state index is -5.15. The molecule has 0 aliphatic carbocycles. The Morgan fingerprint density at radius 3 is 0.802 bits per heavy atom. The van der Waals surface area contributed by atoms with Crippen molar-refractivity contribution in [3.63, 3.8) is 0 Å². The number of alkyl halides is 12. The van der Waals surface area contributed by atoms with Gasteiger partial charge < -0.3 is 9.13 Å². The second-order valence-electron chi connectivity index (χ2n) is 21.6. The highest BCUT2D eigenvalue weighted by atomic mass is 19.4. The highest BCUT2D eigenvalue weighted by Gasteiger charge is 2.38. The lowest BCUT2D eigenvalue weighted by Gasteiger charge is -2.16. The highest BCUT2D eigenvalue weighted by molar-refractivity contribution is 6.13. The fraction of sp³-hybridized carbons (Fsp3) is 0.114. The number of fused-ring (bicyclic) bond motifs is 6. The Morgan fingerprint density at radius 2 is 0.512 bits per heavy atom. The Bertz CT molecular complexity index is 4850. The van der Waals surface area contributed by atoms with Gasteiger partial charge in [0.2, 0.25) is 0 Å². The highest BCUT2D eigenvalue weighted by Crippen LogP contribution is 2.45. The van der Waals surface area contributed by atoms with Gasteiger partial charge in [-0.05, 0) is 210 Å². The predicted octanol–water partition coefficient (Wildman–Crippen LogP) is 21.3. The molecule has 0 atom stereocenters. The number of benzene rings is 10. The summed E-state index contributed by atoms with van der Waals surface area (Å²) in [7, 11) is 0. The fourth-order valence-corrected chi connectivity index (χ4v) is 11.8. The number of aryl methyl sites for hydroxylation is 4. The van der Waals surface area contributed by atoms with E-state index in [9.17, 15) is 63.2 Å². The SMILES string of the molecule is Cc1cc(C)cc(-c2ccc3c(c2)c2cc(-c4cc(C)cc(C(F)(F)F)c4)ccc2n3-c2cc(-c3ccc(C#N)c(-n4c5ccc(-c6cc(C)cc(C(F)(F)F)c6)cc5c5cc(-c6cc(C(F)(F)F)cc(C(F)(F)F)c6)ccc54)c3)ccc2C#N)c1. The molecule has 0 aliphatic rings. The first-order valence-electron chi connectivity index (χ1n) is 26.7. The van der Waals surface area contributed by atoms with Gasteiger partial charge in [0, 0.05) is 21.5 Å². The van der Waals surface area contributed by atoms with Crippen molar-refractivity contribution in [1.29, 1.82) is 10.5 Å². The van der Waals surface area contributed by atoms with Crippen molar-refractivity contribution in [2.45, 2.75) is 52.4 Å². The van der Waals surface area contributed by atoms with Gasteiger partial charge >= 0.3 is 24.7 Å². The number of nitrogens with zero attached hydrogens (tertiary/aromatic N) is 4. The Morgan fingerprint density at radius 1 is 0.267 bits per heavy atom. The van der Waals surface area contributed by atoms with Gasteiger partial charge in [0.15, 0.2) is 0 Å². The van der Waals surface area contributed by atoms with Crippen LogP contribution in [0, 0.1) is 50.4 Å². The molecule has 86 heavy (non-hydrogen) atoms. The third-order valence-corrected chi connectivity index (χ3v) is 15.5. The van der Waals surface area contributed by atoms with Crippen molar-refractivity contribution >= 4 is 43.6 Å². The fourth-order valence-electron chi connectivity index (χ4n) is 11.8. The molecule has 0 amide bonds. The summed E-state index contributed by atoms with van der Waals surface area (Å²) in [6.45, 7) is 7.09. The second-order valence-corrected chi connectivity index (χ2v) is 21.6. The zero-order valence-electron chi connectivity index (χ0n) is 45.6. The van der Waals surface area contributed by atoms with Crippen molar-refractivity contribution in [3.05, 3.63) is 238 Å². The van der Waals surface area contributed by atoms with Gasteiger partial charge in [-0.3, -0.25) is 0 Å². The zero-order chi connectivity index (χ0) is 61.1. The molecular formula is C70H42F12N4. The molecule has 0 fully saturated rings. The molecule has 12 rings (SSSR count).